The molecule has 10 heteroatoms. The van der Waals surface area contributed by atoms with Gasteiger partial charge in [0.15, 0.2) is 11.5 Å². The van der Waals surface area contributed by atoms with E-state index in [-0.39, 0.29) is 35.4 Å². The van der Waals surface area contributed by atoms with Crippen LogP contribution in [0.25, 0.3) is 0 Å². The van der Waals surface area contributed by atoms with Crippen molar-refractivity contribution in [2.45, 2.75) is 30.7 Å². The van der Waals surface area contributed by atoms with Crippen LogP contribution in [-0.2, 0) is 21.4 Å². The Morgan fingerprint density at radius 2 is 1.68 bits per heavy atom. The van der Waals surface area contributed by atoms with E-state index in [2.05, 4.69) is 0 Å². The molecule has 5 rings (SSSR count). The standard InChI is InChI=1S/C30H33ClN2O6S/c1-32(20-23-9-4-2-5-10-23)29(34)19-30(22-39-24-11-6-3-7-12-24)13-8-14-33(21-30)40(35,36)28-18-27-26(17-25(28)31)37-15-16-38-27/h2-7,9-12,17-18H,8,13-16,19-22H2,1H3/t30-/m1/s1. The summed E-state index contributed by atoms with van der Waals surface area (Å²) in [5, 5.41) is 0.0691. The van der Waals surface area contributed by atoms with Crippen molar-refractivity contribution >= 4 is 27.5 Å². The van der Waals surface area contributed by atoms with Gasteiger partial charge in [0.2, 0.25) is 15.9 Å². The van der Waals surface area contributed by atoms with E-state index in [9.17, 15) is 13.2 Å². The summed E-state index contributed by atoms with van der Waals surface area (Å²) >= 11 is 6.45. The Hall–Kier alpha value is -3.27. The van der Waals surface area contributed by atoms with Gasteiger partial charge in [-0.05, 0) is 30.5 Å². The Labute approximate surface area is 240 Å². The third-order valence-corrected chi connectivity index (χ3v) is 9.65. The molecule has 0 saturated carbocycles. The number of piperidine rings is 1. The third kappa shape index (κ3) is 6.37. The van der Waals surface area contributed by atoms with Crippen LogP contribution in [0.4, 0.5) is 0 Å². The summed E-state index contributed by atoms with van der Waals surface area (Å²) in [7, 11) is -2.23. The highest BCUT2D eigenvalue weighted by molar-refractivity contribution is 7.89. The second-order valence-electron chi connectivity index (χ2n) is 10.4. The number of para-hydroxylation sites is 1. The van der Waals surface area contributed by atoms with E-state index >= 15 is 0 Å². The van der Waals surface area contributed by atoms with E-state index in [0.29, 0.717) is 56.4 Å². The summed E-state index contributed by atoms with van der Waals surface area (Å²) in [4.78, 5) is 15.2. The molecule has 1 fully saturated rings. The van der Waals surface area contributed by atoms with Gasteiger partial charge in [-0.25, -0.2) is 8.42 Å². The molecular formula is C30H33ClN2O6S. The van der Waals surface area contributed by atoms with E-state index < -0.39 is 15.4 Å². The number of fused-ring (bicyclic) bond motifs is 1. The lowest BCUT2D eigenvalue weighted by molar-refractivity contribution is -0.134. The monoisotopic (exact) mass is 584 g/mol. The van der Waals surface area contributed by atoms with Crippen LogP contribution in [0.2, 0.25) is 5.02 Å². The van der Waals surface area contributed by atoms with Crippen molar-refractivity contribution in [2.75, 3.05) is 40.0 Å². The topological polar surface area (TPSA) is 85.4 Å². The number of rotatable bonds is 9. The summed E-state index contributed by atoms with van der Waals surface area (Å²) < 4.78 is 46.6. The molecule has 0 aromatic heterocycles. The number of nitrogens with zero attached hydrogens (tertiary/aromatic N) is 2. The zero-order chi connectivity index (χ0) is 28.2. The normalized spacial score (nSPS) is 19.1. The van der Waals surface area contributed by atoms with Crippen molar-refractivity contribution in [2.24, 2.45) is 5.41 Å². The number of amides is 1. The molecule has 8 nitrogen and oxygen atoms in total. The smallest absolute Gasteiger partial charge is 0.244 e. The summed E-state index contributed by atoms with van der Waals surface area (Å²) in [6, 6.07) is 22.0. The van der Waals surface area contributed by atoms with Gasteiger partial charge >= 0.3 is 0 Å². The van der Waals surface area contributed by atoms with Crippen LogP contribution >= 0.6 is 11.6 Å². The number of hydrogen-bond acceptors (Lipinski definition) is 6. The number of sulfonamides is 1. The van der Waals surface area contributed by atoms with Crippen molar-refractivity contribution in [1.82, 2.24) is 9.21 Å². The predicted molar refractivity (Wildman–Crippen MR) is 152 cm³/mol. The van der Waals surface area contributed by atoms with E-state index in [0.717, 1.165) is 5.56 Å². The molecule has 0 radical (unpaired) electrons. The van der Waals surface area contributed by atoms with Gasteiger partial charge in [-0.2, -0.15) is 4.31 Å². The molecule has 0 bridgehead atoms. The lowest BCUT2D eigenvalue weighted by Gasteiger charge is -2.42. The van der Waals surface area contributed by atoms with E-state index in [1.54, 1.807) is 11.9 Å². The van der Waals surface area contributed by atoms with Crippen molar-refractivity contribution in [3.8, 4) is 17.2 Å². The summed E-state index contributed by atoms with van der Waals surface area (Å²) in [6.07, 6.45) is 1.37. The van der Waals surface area contributed by atoms with Gasteiger partial charge < -0.3 is 19.1 Å². The minimum atomic E-state index is -4.00. The number of carbonyl (C=O) groups is 1. The van der Waals surface area contributed by atoms with Crippen LogP contribution in [0.3, 0.4) is 0 Å². The van der Waals surface area contributed by atoms with Crippen molar-refractivity contribution in [3.63, 3.8) is 0 Å². The number of hydrogen-bond donors (Lipinski definition) is 0. The molecule has 1 atom stereocenters. The SMILES string of the molecule is CN(Cc1ccccc1)C(=O)C[C@]1(COc2ccccc2)CCCN(S(=O)(=O)c2cc3c(cc2Cl)OCCO3)C1. The van der Waals surface area contributed by atoms with Gasteiger partial charge in [0.25, 0.3) is 0 Å². The molecule has 1 amide bonds. The lowest BCUT2D eigenvalue weighted by atomic mass is 9.78. The number of benzene rings is 3. The first-order valence-electron chi connectivity index (χ1n) is 13.3. The number of halogens is 1. The van der Waals surface area contributed by atoms with Crippen LogP contribution in [0.5, 0.6) is 17.2 Å². The first-order chi connectivity index (χ1) is 19.3. The quantitative estimate of drug-likeness (QED) is 0.351. The predicted octanol–water partition coefficient (Wildman–Crippen LogP) is 5.01. The van der Waals surface area contributed by atoms with Crippen LogP contribution in [0.1, 0.15) is 24.8 Å². The van der Waals surface area contributed by atoms with Crippen LogP contribution in [-0.4, -0.2) is 63.5 Å². The van der Waals surface area contributed by atoms with Gasteiger partial charge in [-0.3, -0.25) is 4.79 Å². The molecule has 0 spiro atoms. The van der Waals surface area contributed by atoms with Gasteiger partial charge in [-0.1, -0.05) is 60.1 Å². The Kier molecular flexibility index (Phi) is 8.54. The van der Waals surface area contributed by atoms with Crippen molar-refractivity contribution in [3.05, 3.63) is 83.4 Å². The first-order valence-corrected chi connectivity index (χ1v) is 15.1. The van der Waals surface area contributed by atoms with Crippen molar-refractivity contribution in [1.29, 1.82) is 0 Å². The van der Waals surface area contributed by atoms with Gasteiger partial charge in [0, 0.05) is 50.7 Å². The molecule has 2 aliphatic heterocycles. The maximum atomic E-state index is 13.9. The van der Waals surface area contributed by atoms with E-state index in [1.807, 2.05) is 60.7 Å². The molecule has 1 saturated heterocycles. The summed E-state index contributed by atoms with van der Waals surface area (Å²) in [5.41, 5.74) is 0.290. The van der Waals surface area contributed by atoms with E-state index in [1.165, 1.54) is 16.4 Å². The summed E-state index contributed by atoms with van der Waals surface area (Å²) in [6.45, 7) is 1.80. The Morgan fingerprint density at radius 1 is 1.02 bits per heavy atom. The Balaban J connectivity index is 1.40. The molecule has 2 heterocycles. The van der Waals surface area contributed by atoms with Crippen LogP contribution in [0.15, 0.2) is 77.7 Å². The molecule has 3 aromatic rings. The average Bonchev–Trinajstić information content (AvgIpc) is 2.97. The maximum absolute atomic E-state index is 13.9. The Bertz CT molecular complexity index is 1440. The molecular weight excluding hydrogens is 552 g/mol. The van der Waals surface area contributed by atoms with Crippen LogP contribution < -0.4 is 14.2 Å². The fourth-order valence-corrected chi connectivity index (χ4v) is 7.32. The minimum Gasteiger partial charge on any atom is -0.493 e. The minimum absolute atomic E-state index is 0.0364. The lowest BCUT2D eigenvalue weighted by Crippen LogP contribution is -2.50. The average molecular weight is 585 g/mol. The summed E-state index contributed by atoms with van der Waals surface area (Å²) in [5.74, 6) is 1.37. The van der Waals surface area contributed by atoms with Gasteiger partial charge in [-0.15, -0.1) is 0 Å². The fraction of sp³-hybridized carbons (Fsp3) is 0.367. The zero-order valence-electron chi connectivity index (χ0n) is 22.4. The van der Waals surface area contributed by atoms with Crippen molar-refractivity contribution < 1.29 is 27.4 Å². The number of carbonyl (C=O) groups excluding carboxylic acids is 1. The second kappa shape index (κ2) is 12.1. The highest BCUT2D eigenvalue weighted by atomic mass is 35.5. The molecule has 212 valence electrons. The molecule has 3 aromatic carbocycles. The molecule has 0 unspecified atom stereocenters. The zero-order valence-corrected chi connectivity index (χ0v) is 24.0. The van der Waals surface area contributed by atoms with Gasteiger partial charge in [0.05, 0.1) is 11.6 Å². The number of ether oxygens (including phenoxy) is 3. The molecule has 40 heavy (non-hydrogen) atoms. The Morgan fingerprint density at radius 3 is 2.38 bits per heavy atom. The molecule has 2 aliphatic rings. The van der Waals surface area contributed by atoms with E-state index in [4.69, 9.17) is 25.8 Å². The second-order valence-corrected chi connectivity index (χ2v) is 12.7. The largest absolute Gasteiger partial charge is 0.493 e. The van der Waals surface area contributed by atoms with Gasteiger partial charge in [0.1, 0.15) is 23.9 Å². The maximum Gasteiger partial charge on any atom is 0.244 e. The first kappa shape index (κ1) is 28.3. The fourth-order valence-electron chi connectivity index (χ4n) is 5.22. The molecule has 0 N–H and O–H groups in total. The third-order valence-electron chi connectivity index (χ3n) is 7.34. The van der Waals surface area contributed by atoms with Crippen LogP contribution in [0, 0.1) is 5.41 Å². The highest BCUT2D eigenvalue weighted by Gasteiger charge is 2.43. The highest BCUT2D eigenvalue weighted by Crippen LogP contribution is 2.41. The molecule has 0 aliphatic carbocycles.